The van der Waals surface area contributed by atoms with Crippen LogP contribution < -0.4 is 0 Å². The first-order chi connectivity index (χ1) is 15.2. The van der Waals surface area contributed by atoms with E-state index in [2.05, 4.69) is 13.8 Å². The predicted octanol–water partition coefficient (Wildman–Crippen LogP) is 3.64. The number of nitrogens with zero attached hydrogens (tertiary/aromatic N) is 1. The van der Waals surface area contributed by atoms with Crippen molar-refractivity contribution < 1.29 is 23.9 Å². The number of likely N-dealkylation sites (tertiary alicyclic amines) is 1. The van der Waals surface area contributed by atoms with E-state index in [9.17, 15) is 14.4 Å². The second-order valence-corrected chi connectivity index (χ2v) is 9.07. The number of carbonyl (C=O) groups is 3. The molecule has 0 N–H and O–H groups in total. The Bertz CT molecular complexity index is 947. The molecule has 32 heavy (non-hydrogen) atoms. The Morgan fingerprint density at radius 3 is 2.03 bits per heavy atom. The van der Waals surface area contributed by atoms with E-state index in [1.54, 1.807) is 6.92 Å². The SMILES string of the molecule is COC1=C(OC)C(=O)C(Cc2ccc(CCC(=O)N3CC(C)CC(C)C3)cc2)=C(C)C1=O. The summed E-state index contributed by atoms with van der Waals surface area (Å²) in [5.74, 6) is 0.597. The topological polar surface area (TPSA) is 72.9 Å². The van der Waals surface area contributed by atoms with Gasteiger partial charge in [-0.3, -0.25) is 14.4 Å². The van der Waals surface area contributed by atoms with Crippen LogP contribution in [0.25, 0.3) is 0 Å². The lowest BCUT2D eigenvalue weighted by Crippen LogP contribution is -2.42. The third-order valence-electron chi connectivity index (χ3n) is 6.35. The summed E-state index contributed by atoms with van der Waals surface area (Å²) in [7, 11) is 2.72. The van der Waals surface area contributed by atoms with Crippen LogP contribution in [0, 0.1) is 11.8 Å². The van der Waals surface area contributed by atoms with E-state index in [4.69, 9.17) is 9.47 Å². The maximum absolute atomic E-state index is 12.8. The highest BCUT2D eigenvalue weighted by atomic mass is 16.5. The molecule has 1 aromatic rings. The molecule has 1 heterocycles. The summed E-state index contributed by atoms with van der Waals surface area (Å²) in [5.41, 5.74) is 2.80. The first-order valence-electron chi connectivity index (χ1n) is 11.2. The van der Waals surface area contributed by atoms with Crippen molar-refractivity contribution in [2.45, 2.75) is 46.5 Å². The first kappa shape index (κ1) is 23.8. The van der Waals surface area contributed by atoms with Crippen LogP contribution >= 0.6 is 0 Å². The van der Waals surface area contributed by atoms with Crippen molar-refractivity contribution in [2.75, 3.05) is 27.3 Å². The van der Waals surface area contributed by atoms with Gasteiger partial charge in [0.1, 0.15) is 0 Å². The number of aryl methyl sites for hydroxylation is 1. The Hall–Kier alpha value is -2.89. The van der Waals surface area contributed by atoms with Gasteiger partial charge in [-0.1, -0.05) is 38.1 Å². The summed E-state index contributed by atoms with van der Waals surface area (Å²) in [6.45, 7) is 7.76. The molecule has 1 aliphatic carbocycles. The average Bonchev–Trinajstić information content (AvgIpc) is 2.77. The van der Waals surface area contributed by atoms with Gasteiger partial charge in [0.05, 0.1) is 14.2 Å². The number of hydrogen-bond acceptors (Lipinski definition) is 5. The fourth-order valence-electron chi connectivity index (χ4n) is 4.71. The lowest BCUT2D eigenvalue weighted by atomic mass is 9.88. The largest absolute Gasteiger partial charge is 0.489 e. The van der Waals surface area contributed by atoms with Crippen LogP contribution in [0.1, 0.15) is 44.7 Å². The molecule has 2 unspecified atom stereocenters. The van der Waals surface area contributed by atoms with Crippen LogP contribution in [-0.2, 0) is 36.7 Å². The van der Waals surface area contributed by atoms with Gasteiger partial charge in [0.2, 0.25) is 29.0 Å². The molecule has 1 saturated heterocycles. The summed E-state index contributed by atoms with van der Waals surface area (Å²) >= 11 is 0. The number of ether oxygens (including phenoxy) is 2. The lowest BCUT2D eigenvalue weighted by molar-refractivity contribution is -0.133. The lowest BCUT2D eigenvalue weighted by Gasteiger charge is -2.35. The smallest absolute Gasteiger partial charge is 0.228 e. The van der Waals surface area contributed by atoms with E-state index in [0.29, 0.717) is 42.2 Å². The minimum absolute atomic E-state index is 0.0451. The summed E-state index contributed by atoms with van der Waals surface area (Å²) < 4.78 is 10.2. The summed E-state index contributed by atoms with van der Waals surface area (Å²) in [6, 6.07) is 7.88. The summed E-state index contributed by atoms with van der Waals surface area (Å²) in [6.07, 6.45) is 2.70. The fourth-order valence-corrected chi connectivity index (χ4v) is 4.71. The number of hydrogen-bond donors (Lipinski definition) is 0. The zero-order valence-electron chi connectivity index (χ0n) is 19.7. The Labute approximate surface area is 190 Å². The third kappa shape index (κ3) is 5.12. The van der Waals surface area contributed by atoms with Crippen molar-refractivity contribution >= 4 is 17.5 Å². The molecule has 1 aliphatic heterocycles. The van der Waals surface area contributed by atoms with Crippen LogP contribution in [-0.4, -0.2) is 49.7 Å². The second-order valence-electron chi connectivity index (χ2n) is 9.07. The molecule has 0 aromatic heterocycles. The zero-order valence-corrected chi connectivity index (χ0v) is 19.7. The van der Waals surface area contributed by atoms with Gasteiger partial charge in [-0.05, 0) is 42.7 Å². The summed E-state index contributed by atoms with van der Waals surface area (Å²) in [5, 5.41) is 0. The molecule has 6 heteroatoms. The highest BCUT2D eigenvalue weighted by Gasteiger charge is 2.34. The predicted molar refractivity (Wildman–Crippen MR) is 122 cm³/mol. The normalized spacial score (nSPS) is 21.8. The van der Waals surface area contributed by atoms with Gasteiger partial charge in [-0.2, -0.15) is 0 Å². The highest BCUT2D eigenvalue weighted by molar-refractivity contribution is 6.23. The van der Waals surface area contributed by atoms with Gasteiger partial charge < -0.3 is 14.4 Å². The monoisotopic (exact) mass is 439 g/mol. The number of ketones is 2. The molecule has 2 atom stereocenters. The molecule has 2 aliphatic rings. The van der Waals surface area contributed by atoms with Crippen LogP contribution in [0.2, 0.25) is 0 Å². The number of piperidine rings is 1. The maximum Gasteiger partial charge on any atom is 0.228 e. The van der Waals surface area contributed by atoms with Crippen LogP contribution in [0.15, 0.2) is 46.9 Å². The average molecular weight is 440 g/mol. The highest BCUT2D eigenvalue weighted by Crippen LogP contribution is 2.28. The molecule has 0 radical (unpaired) electrons. The van der Waals surface area contributed by atoms with E-state index >= 15 is 0 Å². The standard InChI is InChI=1S/C26H33NO5/c1-16-12-17(2)15-27(14-16)22(28)11-10-19-6-8-20(9-7-19)13-21-18(3)23(29)25(31-4)26(32-5)24(21)30/h6-9,16-17H,10-15H2,1-5H3. The third-order valence-corrected chi connectivity index (χ3v) is 6.35. The molecule has 0 bridgehead atoms. The number of carbonyl (C=O) groups excluding carboxylic acids is 3. The first-order valence-corrected chi connectivity index (χ1v) is 11.2. The molecule has 1 amide bonds. The number of Topliss-reactive ketones (excluding diaryl/α,β-unsaturated/α-hetero) is 2. The summed E-state index contributed by atoms with van der Waals surface area (Å²) in [4.78, 5) is 40.0. The van der Waals surface area contributed by atoms with E-state index in [1.807, 2.05) is 29.2 Å². The van der Waals surface area contributed by atoms with E-state index in [0.717, 1.165) is 24.2 Å². The van der Waals surface area contributed by atoms with Crippen molar-refractivity contribution in [1.29, 1.82) is 0 Å². The van der Waals surface area contributed by atoms with Crippen LogP contribution in [0.3, 0.4) is 0 Å². The van der Waals surface area contributed by atoms with Crippen molar-refractivity contribution in [3.63, 3.8) is 0 Å². The molecular weight excluding hydrogens is 406 g/mol. The molecule has 1 fully saturated rings. The van der Waals surface area contributed by atoms with E-state index < -0.39 is 0 Å². The molecule has 172 valence electrons. The van der Waals surface area contributed by atoms with Crippen molar-refractivity contribution in [2.24, 2.45) is 11.8 Å². The molecule has 0 saturated carbocycles. The number of benzene rings is 1. The van der Waals surface area contributed by atoms with Gasteiger partial charge in [-0.25, -0.2) is 0 Å². The number of methoxy groups -OCH3 is 2. The van der Waals surface area contributed by atoms with Gasteiger partial charge in [-0.15, -0.1) is 0 Å². The number of allylic oxidation sites excluding steroid dienone is 2. The van der Waals surface area contributed by atoms with Crippen molar-refractivity contribution in [3.8, 4) is 0 Å². The van der Waals surface area contributed by atoms with Gasteiger partial charge in [0.15, 0.2) is 0 Å². The van der Waals surface area contributed by atoms with E-state index in [1.165, 1.54) is 20.6 Å². The Balaban J connectivity index is 1.62. The molecule has 6 nitrogen and oxygen atoms in total. The minimum atomic E-state index is -0.324. The maximum atomic E-state index is 12.8. The van der Waals surface area contributed by atoms with Crippen molar-refractivity contribution in [3.05, 3.63) is 58.1 Å². The fraction of sp³-hybridized carbons (Fsp3) is 0.500. The van der Waals surface area contributed by atoms with Crippen LogP contribution in [0.5, 0.6) is 0 Å². The minimum Gasteiger partial charge on any atom is -0.489 e. The Morgan fingerprint density at radius 1 is 0.938 bits per heavy atom. The van der Waals surface area contributed by atoms with Crippen molar-refractivity contribution in [1.82, 2.24) is 4.90 Å². The second kappa shape index (κ2) is 10.2. The molecule has 3 rings (SSSR count). The van der Waals surface area contributed by atoms with E-state index in [-0.39, 0.29) is 29.0 Å². The van der Waals surface area contributed by atoms with Crippen LogP contribution in [0.4, 0.5) is 0 Å². The zero-order chi connectivity index (χ0) is 23.4. The van der Waals surface area contributed by atoms with Gasteiger partial charge in [0.25, 0.3) is 0 Å². The Kier molecular flexibility index (Phi) is 7.54. The van der Waals surface area contributed by atoms with Gasteiger partial charge >= 0.3 is 0 Å². The molecular formula is C26H33NO5. The van der Waals surface area contributed by atoms with Gasteiger partial charge in [0, 0.05) is 37.1 Å². The Morgan fingerprint density at radius 2 is 1.47 bits per heavy atom. The number of amides is 1. The molecule has 0 spiro atoms. The molecule has 1 aromatic carbocycles. The number of rotatable bonds is 7. The quantitative estimate of drug-likeness (QED) is 0.607.